The summed E-state index contributed by atoms with van der Waals surface area (Å²) in [6.45, 7) is 3.38. The molecule has 0 radical (unpaired) electrons. The summed E-state index contributed by atoms with van der Waals surface area (Å²) in [7, 11) is 0. The number of ether oxygens (including phenoxy) is 1. The van der Waals surface area contributed by atoms with Gasteiger partial charge in [-0.05, 0) is 13.3 Å². The maximum Gasteiger partial charge on any atom is 0.328 e. The number of nitrogens with one attached hydrogen (secondary N) is 1. The van der Waals surface area contributed by atoms with E-state index in [1.807, 2.05) is 0 Å². The topological polar surface area (TPSA) is 142 Å². The molecule has 0 heterocycles. The number of benzene rings is 1. The molecule has 1 N–H and O–H groups in total. The van der Waals surface area contributed by atoms with Gasteiger partial charge in [-0.1, -0.05) is 6.92 Å². The molecule has 1 amide bonds. The summed E-state index contributed by atoms with van der Waals surface area (Å²) >= 11 is 0. The van der Waals surface area contributed by atoms with Crippen molar-refractivity contribution in [1.82, 2.24) is 5.32 Å². The summed E-state index contributed by atoms with van der Waals surface area (Å²) in [5.74, 6) is -1.49. The number of nitro groups is 2. The highest BCUT2D eigenvalue weighted by atomic mass is 16.6. The number of nitro benzene ring substituents is 2. The highest BCUT2D eigenvalue weighted by Crippen LogP contribution is 2.22. The summed E-state index contributed by atoms with van der Waals surface area (Å²) in [6.07, 6.45) is 0.238. The van der Waals surface area contributed by atoms with Gasteiger partial charge >= 0.3 is 5.97 Å². The maximum absolute atomic E-state index is 12.1. The van der Waals surface area contributed by atoms with Gasteiger partial charge in [-0.15, -0.1) is 0 Å². The van der Waals surface area contributed by atoms with Crippen molar-refractivity contribution in [2.75, 3.05) is 6.61 Å². The third-order valence-corrected chi connectivity index (χ3v) is 2.87. The second kappa shape index (κ2) is 7.82. The standard InChI is InChI=1S/C13H15N3O7/c1-3-11(13(18)23-4-2)14-12(17)8-5-9(15(19)20)7-10(6-8)16(21)22/h5-7,11H,3-4H2,1-2H3,(H,14,17). The zero-order chi connectivity index (χ0) is 17.6. The van der Waals surface area contributed by atoms with Crippen molar-refractivity contribution in [1.29, 1.82) is 0 Å². The molecule has 10 nitrogen and oxygen atoms in total. The molecule has 0 saturated carbocycles. The minimum absolute atomic E-state index is 0.132. The first kappa shape index (κ1) is 18.0. The number of esters is 1. The molecular formula is C13H15N3O7. The van der Waals surface area contributed by atoms with E-state index in [2.05, 4.69) is 5.32 Å². The van der Waals surface area contributed by atoms with E-state index in [0.29, 0.717) is 0 Å². The van der Waals surface area contributed by atoms with Crippen molar-refractivity contribution in [3.05, 3.63) is 44.0 Å². The lowest BCUT2D eigenvalue weighted by molar-refractivity contribution is -0.394. The largest absolute Gasteiger partial charge is 0.464 e. The molecule has 0 aromatic heterocycles. The molecule has 0 bridgehead atoms. The summed E-state index contributed by atoms with van der Waals surface area (Å²) < 4.78 is 4.79. The van der Waals surface area contributed by atoms with E-state index >= 15 is 0 Å². The van der Waals surface area contributed by atoms with Gasteiger partial charge in [0.15, 0.2) is 0 Å². The van der Waals surface area contributed by atoms with Gasteiger partial charge < -0.3 is 10.1 Å². The van der Waals surface area contributed by atoms with Crippen molar-refractivity contribution in [3.8, 4) is 0 Å². The van der Waals surface area contributed by atoms with Gasteiger partial charge in [-0.2, -0.15) is 0 Å². The Morgan fingerprint density at radius 3 is 2.04 bits per heavy atom. The number of carbonyl (C=O) groups is 2. The zero-order valence-corrected chi connectivity index (χ0v) is 12.5. The van der Waals surface area contributed by atoms with Crippen molar-refractivity contribution < 1.29 is 24.2 Å². The predicted molar refractivity (Wildman–Crippen MR) is 77.9 cm³/mol. The normalized spacial score (nSPS) is 11.4. The second-order valence-corrected chi connectivity index (χ2v) is 4.44. The molecule has 0 saturated heterocycles. The highest BCUT2D eigenvalue weighted by molar-refractivity contribution is 5.97. The van der Waals surface area contributed by atoms with Gasteiger partial charge in [0.2, 0.25) is 0 Å². The number of amides is 1. The molecular weight excluding hydrogens is 310 g/mol. The molecule has 1 aromatic carbocycles. The Balaban J connectivity index is 3.09. The van der Waals surface area contributed by atoms with E-state index in [1.54, 1.807) is 13.8 Å². The molecule has 1 unspecified atom stereocenters. The first-order chi connectivity index (χ1) is 10.8. The van der Waals surface area contributed by atoms with Crippen molar-refractivity contribution >= 4 is 23.3 Å². The van der Waals surface area contributed by atoms with Crippen LogP contribution in [0.5, 0.6) is 0 Å². The second-order valence-electron chi connectivity index (χ2n) is 4.44. The van der Waals surface area contributed by atoms with Gasteiger partial charge in [-0.3, -0.25) is 25.0 Å². The van der Waals surface area contributed by atoms with Crippen LogP contribution in [-0.4, -0.2) is 34.4 Å². The van der Waals surface area contributed by atoms with Crippen LogP contribution < -0.4 is 5.32 Å². The third-order valence-electron chi connectivity index (χ3n) is 2.87. The number of non-ortho nitro benzene ring substituents is 2. The van der Waals surface area contributed by atoms with E-state index in [0.717, 1.165) is 18.2 Å². The monoisotopic (exact) mass is 325 g/mol. The Morgan fingerprint density at radius 1 is 1.13 bits per heavy atom. The first-order valence-corrected chi connectivity index (χ1v) is 6.71. The average Bonchev–Trinajstić information content (AvgIpc) is 2.51. The molecule has 0 aliphatic rings. The highest BCUT2D eigenvalue weighted by Gasteiger charge is 2.24. The maximum atomic E-state index is 12.1. The fraction of sp³-hybridized carbons (Fsp3) is 0.385. The number of nitrogens with zero attached hydrogens (tertiary/aromatic N) is 2. The molecule has 1 aromatic rings. The molecule has 0 aliphatic carbocycles. The summed E-state index contributed by atoms with van der Waals surface area (Å²) in [6, 6.07) is 1.61. The number of rotatable bonds is 7. The number of carbonyl (C=O) groups excluding carboxylic acids is 2. The lowest BCUT2D eigenvalue weighted by atomic mass is 10.1. The van der Waals surface area contributed by atoms with E-state index < -0.39 is 39.1 Å². The van der Waals surface area contributed by atoms with Gasteiger partial charge in [-0.25, -0.2) is 4.79 Å². The molecule has 10 heteroatoms. The van der Waals surface area contributed by atoms with E-state index in [9.17, 15) is 29.8 Å². The first-order valence-electron chi connectivity index (χ1n) is 6.71. The predicted octanol–water partition coefficient (Wildman–Crippen LogP) is 1.57. The summed E-state index contributed by atoms with van der Waals surface area (Å²) in [4.78, 5) is 43.7. The fourth-order valence-corrected chi connectivity index (χ4v) is 1.75. The number of hydrogen-bond acceptors (Lipinski definition) is 7. The quantitative estimate of drug-likeness (QED) is 0.455. The lowest BCUT2D eigenvalue weighted by Gasteiger charge is -2.15. The molecule has 23 heavy (non-hydrogen) atoms. The Labute approximate surface area is 130 Å². The Kier molecular flexibility index (Phi) is 6.13. The van der Waals surface area contributed by atoms with Crippen LogP contribution in [0.15, 0.2) is 18.2 Å². The van der Waals surface area contributed by atoms with Crippen molar-refractivity contribution in [2.45, 2.75) is 26.3 Å². The molecule has 124 valence electrons. The molecule has 1 rings (SSSR count). The van der Waals surface area contributed by atoms with Crippen LogP contribution >= 0.6 is 0 Å². The fourth-order valence-electron chi connectivity index (χ4n) is 1.75. The lowest BCUT2D eigenvalue weighted by Crippen LogP contribution is -2.41. The summed E-state index contributed by atoms with van der Waals surface area (Å²) in [5.41, 5.74) is -1.46. The van der Waals surface area contributed by atoms with Crippen molar-refractivity contribution in [3.63, 3.8) is 0 Å². The van der Waals surface area contributed by atoms with Crippen LogP contribution in [-0.2, 0) is 9.53 Å². The Morgan fingerprint density at radius 2 is 1.65 bits per heavy atom. The minimum atomic E-state index is -0.944. The van der Waals surface area contributed by atoms with Gasteiger partial charge in [0.1, 0.15) is 6.04 Å². The smallest absolute Gasteiger partial charge is 0.328 e. The van der Waals surface area contributed by atoms with Crippen LogP contribution in [0, 0.1) is 20.2 Å². The molecule has 0 spiro atoms. The average molecular weight is 325 g/mol. The van der Waals surface area contributed by atoms with Gasteiger partial charge in [0.25, 0.3) is 17.3 Å². The summed E-state index contributed by atoms with van der Waals surface area (Å²) in [5, 5.41) is 23.9. The van der Waals surface area contributed by atoms with E-state index in [4.69, 9.17) is 4.74 Å². The van der Waals surface area contributed by atoms with Crippen LogP contribution in [0.1, 0.15) is 30.6 Å². The Hall–Kier alpha value is -3.04. The van der Waals surface area contributed by atoms with Crippen LogP contribution in [0.4, 0.5) is 11.4 Å². The minimum Gasteiger partial charge on any atom is -0.464 e. The van der Waals surface area contributed by atoms with Crippen molar-refractivity contribution in [2.24, 2.45) is 0 Å². The van der Waals surface area contributed by atoms with Crippen LogP contribution in [0.2, 0.25) is 0 Å². The van der Waals surface area contributed by atoms with Crippen LogP contribution in [0.3, 0.4) is 0 Å². The third kappa shape index (κ3) is 4.73. The molecule has 0 fully saturated rings. The van der Waals surface area contributed by atoms with Gasteiger partial charge in [0.05, 0.1) is 28.1 Å². The van der Waals surface area contributed by atoms with Crippen LogP contribution in [0.25, 0.3) is 0 Å². The molecule has 1 atom stereocenters. The molecule has 0 aliphatic heterocycles. The van der Waals surface area contributed by atoms with E-state index in [-0.39, 0.29) is 18.6 Å². The Bertz CT molecular complexity index is 612. The van der Waals surface area contributed by atoms with Gasteiger partial charge in [0, 0.05) is 12.1 Å². The van der Waals surface area contributed by atoms with E-state index in [1.165, 1.54) is 0 Å². The number of hydrogen-bond donors (Lipinski definition) is 1. The zero-order valence-electron chi connectivity index (χ0n) is 12.5. The SMILES string of the molecule is CCOC(=O)C(CC)NC(=O)c1cc([N+](=O)[O-])cc([N+](=O)[O-])c1.